The van der Waals surface area contributed by atoms with E-state index >= 15 is 0 Å². The topological polar surface area (TPSA) is 71.5 Å². The average molecular weight is 238 g/mol. The fourth-order valence-corrected chi connectivity index (χ4v) is 1.33. The Morgan fingerprint density at radius 3 is 2.94 bits per heavy atom. The van der Waals surface area contributed by atoms with Crippen LogP contribution in [0.25, 0.3) is 0 Å². The second-order valence-corrected chi connectivity index (χ2v) is 3.84. The minimum Gasteiger partial charge on any atom is -0.391 e. The summed E-state index contributed by atoms with van der Waals surface area (Å²) in [5, 5.41) is 12.1. The Morgan fingerprint density at radius 2 is 2.35 bits per heavy atom. The van der Waals surface area contributed by atoms with Crippen LogP contribution in [0.5, 0.6) is 0 Å². The van der Waals surface area contributed by atoms with Gasteiger partial charge in [0.15, 0.2) is 0 Å². The molecule has 0 aliphatic rings. The lowest BCUT2D eigenvalue weighted by molar-refractivity contribution is 0.0587. The molecule has 5 heteroatoms. The number of aryl methyl sites for hydroxylation is 1. The van der Waals surface area contributed by atoms with Gasteiger partial charge in [-0.2, -0.15) is 0 Å². The van der Waals surface area contributed by atoms with E-state index in [1.165, 1.54) is 13.3 Å². The molecule has 94 valence electrons. The van der Waals surface area contributed by atoms with E-state index in [2.05, 4.69) is 10.3 Å². The predicted octanol–water partition coefficient (Wildman–Crippen LogP) is 0.517. The Balaban J connectivity index is 2.32. The maximum atomic E-state index is 11.6. The van der Waals surface area contributed by atoms with Gasteiger partial charge in [0, 0.05) is 25.5 Å². The largest absolute Gasteiger partial charge is 0.391 e. The third-order valence-electron chi connectivity index (χ3n) is 2.30. The molecule has 0 aliphatic heterocycles. The van der Waals surface area contributed by atoms with Crippen LogP contribution in [-0.2, 0) is 4.74 Å². The molecule has 1 atom stereocenters. The number of amides is 1. The van der Waals surface area contributed by atoms with E-state index in [9.17, 15) is 9.90 Å². The normalized spacial score (nSPS) is 12.2. The van der Waals surface area contributed by atoms with Crippen LogP contribution in [0.1, 0.15) is 22.5 Å². The molecular formula is C12H18N2O3. The number of carbonyl (C=O) groups is 1. The van der Waals surface area contributed by atoms with Crippen LogP contribution in [0.3, 0.4) is 0 Å². The molecule has 0 spiro atoms. The van der Waals surface area contributed by atoms with Crippen LogP contribution in [0, 0.1) is 6.92 Å². The van der Waals surface area contributed by atoms with Gasteiger partial charge in [0.2, 0.25) is 0 Å². The number of ether oxygens (including phenoxy) is 1. The van der Waals surface area contributed by atoms with Gasteiger partial charge in [-0.05, 0) is 25.5 Å². The average Bonchev–Trinajstić information content (AvgIpc) is 2.30. The standard InChI is InChI=1S/C12H18N2O3/c1-9-3-4-10(7-14-9)12(16)13-6-5-11(15)8-17-2/h3-4,7,11,15H,5-6,8H2,1-2H3,(H,13,16). The number of aliphatic hydroxyl groups is 1. The highest BCUT2D eigenvalue weighted by Gasteiger charge is 2.07. The van der Waals surface area contributed by atoms with Crippen molar-refractivity contribution in [1.82, 2.24) is 10.3 Å². The second kappa shape index (κ2) is 6.98. The third kappa shape index (κ3) is 4.93. The first-order chi connectivity index (χ1) is 8.13. The predicted molar refractivity (Wildman–Crippen MR) is 63.8 cm³/mol. The number of hydrogen-bond acceptors (Lipinski definition) is 4. The summed E-state index contributed by atoms with van der Waals surface area (Å²) < 4.78 is 4.79. The van der Waals surface area contributed by atoms with Crippen LogP contribution < -0.4 is 5.32 Å². The number of nitrogens with one attached hydrogen (secondary N) is 1. The zero-order valence-electron chi connectivity index (χ0n) is 10.1. The molecule has 0 aliphatic carbocycles. The monoisotopic (exact) mass is 238 g/mol. The Bertz CT molecular complexity index is 351. The smallest absolute Gasteiger partial charge is 0.252 e. The van der Waals surface area contributed by atoms with E-state index in [1.807, 2.05) is 6.92 Å². The zero-order valence-corrected chi connectivity index (χ0v) is 10.1. The summed E-state index contributed by atoms with van der Waals surface area (Å²) in [6.45, 7) is 2.56. The van der Waals surface area contributed by atoms with Gasteiger partial charge in [-0.25, -0.2) is 0 Å². The Kier molecular flexibility index (Phi) is 5.59. The lowest BCUT2D eigenvalue weighted by atomic mass is 10.2. The van der Waals surface area contributed by atoms with Crippen molar-refractivity contribution >= 4 is 5.91 Å². The summed E-state index contributed by atoms with van der Waals surface area (Å²) >= 11 is 0. The molecule has 1 unspecified atom stereocenters. The first-order valence-electron chi connectivity index (χ1n) is 5.51. The number of rotatable bonds is 6. The summed E-state index contributed by atoms with van der Waals surface area (Å²) in [4.78, 5) is 15.7. The molecule has 1 aromatic rings. The third-order valence-corrected chi connectivity index (χ3v) is 2.30. The molecule has 0 fully saturated rings. The molecule has 1 aromatic heterocycles. The SMILES string of the molecule is COCC(O)CCNC(=O)c1ccc(C)nc1. The first kappa shape index (κ1) is 13.6. The molecule has 0 saturated heterocycles. The van der Waals surface area contributed by atoms with Crippen LogP contribution in [0.2, 0.25) is 0 Å². The minimum absolute atomic E-state index is 0.179. The van der Waals surface area contributed by atoms with Gasteiger partial charge in [-0.15, -0.1) is 0 Å². The van der Waals surface area contributed by atoms with Crippen molar-refractivity contribution in [3.05, 3.63) is 29.6 Å². The number of hydrogen-bond donors (Lipinski definition) is 2. The number of methoxy groups -OCH3 is 1. The Labute approximate surface area is 101 Å². The number of aliphatic hydroxyl groups excluding tert-OH is 1. The molecule has 1 heterocycles. The van der Waals surface area contributed by atoms with Gasteiger partial charge in [0.05, 0.1) is 18.3 Å². The fraction of sp³-hybridized carbons (Fsp3) is 0.500. The molecule has 0 radical (unpaired) electrons. The maximum absolute atomic E-state index is 11.6. The van der Waals surface area contributed by atoms with E-state index in [0.717, 1.165) is 5.69 Å². The Morgan fingerprint density at radius 1 is 1.59 bits per heavy atom. The van der Waals surface area contributed by atoms with Gasteiger partial charge in [-0.3, -0.25) is 9.78 Å². The molecule has 0 bridgehead atoms. The highest BCUT2D eigenvalue weighted by Crippen LogP contribution is 1.99. The van der Waals surface area contributed by atoms with Crippen molar-refractivity contribution in [2.45, 2.75) is 19.4 Å². The summed E-state index contributed by atoms with van der Waals surface area (Å²) in [6, 6.07) is 3.51. The first-order valence-corrected chi connectivity index (χ1v) is 5.51. The van der Waals surface area contributed by atoms with Crippen molar-refractivity contribution < 1.29 is 14.6 Å². The van der Waals surface area contributed by atoms with Crippen LogP contribution in [0.15, 0.2) is 18.3 Å². The van der Waals surface area contributed by atoms with Gasteiger partial charge in [0.25, 0.3) is 5.91 Å². The van der Waals surface area contributed by atoms with E-state index < -0.39 is 6.10 Å². The van der Waals surface area contributed by atoms with Gasteiger partial charge < -0.3 is 15.2 Å². The van der Waals surface area contributed by atoms with E-state index in [0.29, 0.717) is 18.5 Å². The lowest BCUT2D eigenvalue weighted by Gasteiger charge is -2.10. The zero-order chi connectivity index (χ0) is 12.7. The molecular weight excluding hydrogens is 220 g/mol. The van der Waals surface area contributed by atoms with Crippen molar-refractivity contribution in [2.24, 2.45) is 0 Å². The van der Waals surface area contributed by atoms with E-state index in [1.54, 1.807) is 12.1 Å². The summed E-state index contributed by atoms with van der Waals surface area (Å²) in [5.41, 5.74) is 1.40. The highest BCUT2D eigenvalue weighted by molar-refractivity contribution is 5.93. The van der Waals surface area contributed by atoms with Gasteiger partial charge in [0.1, 0.15) is 0 Å². The number of aromatic nitrogens is 1. The van der Waals surface area contributed by atoms with Crippen molar-refractivity contribution in [1.29, 1.82) is 0 Å². The number of nitrogens with zero attached hydrogens (tertiary/aromatic N) is 1. The van der Waals surface area contributed by atoms with Crippen molar-refractivity contribution in [2.75, 3.05) is 20.3 Å². The second-order valence-electron chi connectivity index (χ2n) is 3.84. The van der Waals surface area contributed by atoms with Crippen LogP contribution in [0.4, 0.5) is 0 Å². The quantitative estimate of drug-likeness (QED) is 0.758. The summed E-state index contributed by atoms with van der Waals surface area (Å²) in [7, 11) is 1.53. The van der Waals surface area contributed by atoms with Crippen molar-refractivity contribution in [3.63, 3.8) is 0 Å². The fourth-order valence-electron chi connectivity index (χ4n) is 1.33. The molecule has 1 rings (SSSR count). The molecule has 0 saturated carbocycles. The van der Waals surface area contributed by atoms with E-state index in [-0.39, 0.29) is 12.5 Å². The van der Waals surface area contributed by atoms with Gasteiger partial charge >= 0.3 is 0 Å². The molecule has 5 nitrogen and oxygen atoms in total. The van der Waals surface area contributed by atoms with Crippen molar-refractivity contribution in [3.8, 4) is 0 Å². The Hall–Kier alpha value is -1.46. The molecule has 0 aromatic carbocycles. The molecule has 2 N–H and O–H groups in total. The van der Waals surface area contributed by atoms with Gasteiger partial charge in [-0.1, -0.05) is 0 Å². The van der Waals surface area contributed by atoms with Crippen LogP contribution in [-0.4, -0.2) is 42.4 Å². The summed E-state index contributed by atoms with van der Waals surface area (Å²) in [5.74, 6) is -0.179. The lowest BCUT2D eigenvalue weighted by Crippen LogP contribution is -2.28. The molecule has 1 amide bonds. The van der Waals surface area contributed by atoms with E-state index in [4.69, 9.17) is 4.74 Å². The number of pyridine rings is 1. The maximum Gasteiger partial charge on any atom is 0.252 e. The number of carbonyl (C=O) groups excluding carboxylic acids is 1. The highest BCUT2D eigenvalue weighted by atomic mass is 16.5. The summed E-state index contributed by atoms with van der Waals surface area (Å²) in [6.07, 6.45) is 1.46. The molecule has 17 heavy (non-hydrogen) atoms. The minimum atomic E-state index is -0.545. The van der Waals surface area contributed by atoms with Crippen LogP contribution >= 0.6 is 0 Å².